The van der Waals surface area contributed by atoms with Gasteiger partial charge in [0.05, 0.1) is 28.6 Å². The van der Waals surface area contributed by atoms with Crippen molar-refractivity contribution in [1.82, 2.24) is 0 Å². The molecule has 0 unspecified atom stereocenters. The second-order valence-corrected chi connectivity index (χ2v) is 4.88. The number of hydrogen-bond acceptors (Lipinski definition) is 6. The molecular formula is C12H14FNO5S. The highest BCUT2D eigenvalue weighted by Gasteiger charge is 2.22. The fourth-order valence-corrected chi connectivity index (χ4v) is 2.42. The lowest BCUT2D eigenvalue weighted by molar-refractivity contribution is -0.387. The van der Waals surface area contributed by atoms with Crippen molar-refractivity contribution >= 4 is 23.4 Å². The maximum absolute atomic E-state index is 13.6. The molecule has 0 aliphatic carbocycles. The van der Waals surface area contributed by atoms with E-state index < -0.39 is 16.7 Å². The largest absolute Gasteiger partial charge is 0.465 e. The average molecular weight is 303 g/mol. The SMILES string of the molecule is COCCCSc1cc(C(=O)OC)c(F)cc1[N+](=O)[O-]. The van der Waals surface area contributed by atoms with Crippen molar-refractivity contribution in [3.05, 3.63) is 33.6 Å². The number of carbonyl (C=O) groups is 1. The van der Waals surface area contributed by atoms with E-state index in [-0.39, 0.29) is 16.1 Å². The third kappa shape index (κ3) is 4.17. The molecule has 0 radical (unpaired) electrons. The molecule has 8 heteroatoms. The smallest absolute Gasteiger partial charge is 0.340 e. The number of methoxy groups -OCH3 is 2. The van der Waals surface area contributed by atoms with Crippen LogP contribution in [0.2, 0.25) is 0 Å². The minimum absolute atomic E-state index is 0.230. The number of thioether (sulfide) groups is 1. The lowest BCUT2D eigenvalue weighted by Crippen LogP contribution is -2.06. The van der Waals surface area contributed by atoms with Crippen molar-refractivity contribution in [3.63, 3.8) is 0 Å². The van der Waals surface area contributed by atoms with Gasteiger partial charge in [0.25, 0.3) is 5.69 Å². The molecule has 0 saturated heterocycles. The maximum atomic E-state index is 13.6. The second kappa shape index (κ2) is 7.81. The van der Waals surface area contributed by atoms with Gasteiger partial charge in [-0.1, -0.05) is 0 Å². The summed E-state index contributed by atoms with van der Waals surface area (Å²) in [5.74, 6) is -1.28. The molecular weight excluding hydrogens is 289 g/mol. The minimum Gasteiger partial charge on any atom is -0.465 e. The van der Waals surface area contributed by atoms with Gasteiger partial charge in [0, 0.05) is 19.5 Å². The first kappa shape index (κ1) is 16.4. The predicted octanol–water partition coefficient (Wildman–Crippen LogP) is 2.65. The van der Waals surface area contributed by atoms with Gasteiger partial charge >= 0.3 is 5.97 Å². The Kier molecular flexibility index (Phi) is 6.40. The zero-order valence-electron chi connectivity index (χ0n) is 11.1. The molecule has 0 N–H and O–H groups in total. The highest BCUT2D eigenvalue weighted by atomic mass is 32.2. The van der Waals surface area contributed by atoms with E-state index in [0.717, 1.165) is 19.2 Å². The summed E-state index contributed by atoms with van der Waals surface area (Å²) in [6.45, 7) is 0.520. The van der Waals surface area contributed by atoms with Gasteiger partial charge in [-0.3, -0.25) is 10.1 Å². The van der Waals surface area contributed by atoms with Crippen LogP contribution < -0.4 is 0 Å². The molecule has 1 aromatic rings. The summed E-state index contributed by atoms with van der Waals surface area (Å²) in [5.41, 5.74) is -0.676. The number of hydrogen-bond donors (Lipinski definition) is 0. The topological polar surface area (TPSA) is 78.7 Å². The summed E-state index contributed by atoms with van der Waals surface area (Å²) >= 11 is 1.17. The molecule has 110 valence electrons. The minimum atomic E-state index is -0.968. The second-order valence-electron chi connectivity index (χ2n) is 3.74. The lowest BCUT2D eigenvalue weighted by atomic mass is 10.2. The highest BCUT2D eigenvalue weighted by molar-refractivity contribution is 7.99. The standard InChI is InChI=1S/C12H14FNO5S/c1-18-4-3-5-20-11-6-8(12(15)19-2)9(13)7-10(11)14(16)17/h6-7H,3-5H2,1-2H3. The van der Waals surface area contributed by atoms with Crippen molar-refractivity contribution in [2.24, 2.45) is 0 Å². The van der Waals surface area contributed by atoms with Gasteiger partial charge in [-0.2, -0.15) is 0 Å². The van der Waals surface area contributed by atoms with Crippen LogP contribution in [0.5, 0.6) is 0 Å². The van der Waals surface area contributed by atoms with Gasteiger partial charge < -0.3 is 9.47 Å². The summed E-state index contributed by atoms with van der Waals surface area (Å²) in [7, 11) is 2.68. The van der Waals surface area contributed by atoms with Gasteiger partial charge in [-0.15, -0.1) is 11.8 Å². The predicted molar refractivity (Wildman–Crippen MR) is 71.6 cm³/mol. The quantitative estimate of drug-likeness (QED) is 0.253. The van der Waals surface area contributed by atoms with Crippen LogP contribution in [0, 0.1) is 15.9 Å². The fraction of sp³-hybridized carbons (Fsp3) is 0.417. The van der Waals surface area contributed by atoms with Crippen molar-refractivity contribution in [2.45, 2.75) is 11.3 Å². The Hall–Kier alpha value is -1.67. The molecule has 6 nitrogen and oxygen atoms in total. The molecule has 0 amide bonds. The molecule has 0 bridgehead atoms. The number of carbonyl (C=O) groups excluding carboxylic acids is 1. The van der Waals surface area contributed by atoms with Gasteiger partial charge in [0.15, 0.2) is 0 Å². The van der Waals surface area contributed by atoms with Gasteiger partial charge in [0.1, 0.15) is 5.82 Å². The van der Waals surface area contributed by atoms with Crippen molar-refractivity contribution in [1.29, 1.82) is 0 Å². The summed E-state index contributed by atoms with van der Waals surface area (Å²) in [6, 6.07) is 1.89. The summed E-state index contributed by atoms with van der Waals surface area (Å²) in [4.78, 5) is 21.8. The first-order valence-electron chi connectivity index (χ1n) is 5.69. The summed E-state index contributed by atoms with van der Waals surface area (Å²) in [5, 5.41) is 10.9. The number of halogens is 1. The molecule has 20 heavy (non-hydrogen) atoms. The van der Waals surface area contributed by atoms with Crippen molar-refractivity contribution < 1.29 is 23.6 Å². The van der Waals surface area contributed by atoms with Crippen LogP contribution in [-0.4, -0.2) is 37.5 Å². The number of nitro benzene ring substituents is 1. The summed E-state index contributed by atoms with van der Waals surface area (Å²) < 4.78 is 22.9. The number of nitrogens with zero attached hydrogens (tertiary/aromatic N) is 1. The molecule has 0 aliphatic rings. The first-order valence-corrected chi connectivity index (χ1v) is 6.67. The van der Waals surface area contributed by atoms with E-state index in [0.29, 0.717) is 18.8 Å². The van der Waals surface area contributed by atoms with E-state index in [1.54, 1.807) is 7.11 Å². The fourth-order valence-electron chi connectivity index (χ4n) is 1.45. The lowest BCUT2D eigenvalue weighted by Gasteiger charge is -2.06. The molecule has 0 aromatic heterocycles. The Morgan fingerprint density at radius 2 is 2.15 bits per heavy atom. The first-order chi connectivity index (χ1) is 9.51. The van der Waals surface area contributed by atoms with Crippen LogP contribution in [0.25, 0.3) is 0 Å². The number of nitro groups is 1. The van der Waals surface area contributed by atoms with E-state index in [1.165, 1.54) is 11.8 Å². The third-order valence-electron chi connectivity index (χ3n) is 2.40. The van der Waals surface area contributed by atoms with E-state index in [9.17, 15) is 19.3 Å². The zero-order chi connectivity index (χ0) is 15.1. The van der Waals surface area contributed by atoms with Crippen LogP contribution >= 0.6 is 11.8 Å². The van der Waals surface area contributed by atoms with Crippen molar-refractivity contribution in [2.75, 3.05) is 26.6 Å². The van der Waals surface area contributed by atoms with E-state index in [4.69, 9.17) is 4.74 Å². The van der Waals surface area contributed by atoms with Gasteiger partial charge in [-0.05, 0) is 12.5 Å². The Balaban J connectivity index is 3.04. The maximum Gasteiger partial charge on any atom is 0.340 e. The van der Waals surface area contributed by atoms with E-state index in [2.05, 4.69) is 4.74 Å². The monoisotopic (exact) mass is 303 g/mol. The Labute approximate surface area is 119 Å². The molecule has 0 fully saturated rings. The van der Waals surface area contributed by atoms with Crippen LogP contribution in [-0.2, 0) is 9.47 Å². The number of rotatable bonds is 7. The van der Waals surface area contributed by atoms with Crippen LogP contribution in [0.3, 0.4) is 0 Å². The average Bonchev–Trinajstić information content (AvgIpc) is 2.43. The third-order valence-corrected chi connectivity index (χ3v) is 3.53. The van der Waals surface area contributed by atoms with E-state index >= 15 is 0 Å². The Morgan fingerprint density at radius 1 is 1.45 bits per heavy atom. The van der Waals surface area contributed by atoms with E-state index in [1.807, 2.05) is 0 Å². The summed E-state index contributed by atoms with van der Waals surface area (Å²) in [6.07, 6.45) is 0.684. The van der Waals surface area contributed by atoms with Crippen molar-refractivity contribution in [3.8, 4) is 0 Å². The number of benzene rings is 1. The molecule has 0 aliphatic heterocycles. The van der Waals surface area contributed by atoms with Gasteiger partial charge in [0.2, 0.25) is 0 Å². The van der Waals surface area contributed by atoms with Crippen LogP contribution in [0.4, 0.5) is 10.1 Å². The number of esters is 1. The van der Waals surface area contributed by atoms with Crippen LogP contribution in [0.1, 0.15) is 16.8 Å². The molecule has 0 heterocycles. The highest BCUT2D eigenvalue weighted by Crippen LogP contribution is 2.32. The Morgan fingerprint density at radius 3 is 2.70 bits per heavy atom. The zero-order valence-corrected chi connectivity index (χ0v) is 11.9. The molecule has 0 saturated carbocycles. The number of ether oxygens (including phenoxy) is 2. The van der Waals surface area contributed by atoms with Crippen LogP contribution in [0.15, 0.2) is 17.0 Å². The Bertz CT molecular complexity index is 509. The molecule has 0 atom stereocenters. The normalized spacial score (nSPS) is 10.3. The molecule has 0 spiro atoms. The van der Waals surface area contributed by atoms with Gasteiger partial charge in [-0.25, -0.2) is 9.18 Å². The molecule has 1 rings (SSSR count). The molecule has 1 aromatic carbocycles.